The Hall–Kier alpha value is -0.620. The van der Waals surface area contributed by atoms with Gasteiger partial charge in [0.1, 0.15) is 0 Å². The van der Waals surface area contributed by atoms with E-state index in [0.29, 0.717) is 17.0 Å². The molecular formula is C13H20ClNO3S. The van der Waals surface area contributed by atoms with E-state index in [0.717, 1.165) is 0 Å². The van der Waals surface area contributed by atoms with Gasteiger partial charge in [0, 0.05) is 17.7 Å². The first kappa shape index (κ1) is 16.4. The molecule has 0 aliphatic rings. The summed E-state index contributed by atoms with van der Waals surface area (Å²) in [5.74, 6) is -0.0328. The molecular weight excluding hydrogens is 286 g/mol. The highest BCUT2D eigenvalue weighted by atomic mass is 35.5. The minimum atomic E-state index is -3.47. The van der Waals surface area contributed by atoms with E-state index in [1.54, 1.807) is 24.3 Å². The molecule has 0 saturated carbocycles. The summed E-state index contributed by atoms with van der Waals surface area (Å²) in [7, 11) is -3.47. The molecule has 1 aromatic rings. The summed E-state index contributed by atoms with van der Waals surface area (Å²) >= 11 is 5.96. The van der Waals surface area contributed by atoms with Gasteiger partial charge in [-0.2, -0.15) is 0 Å². The number of rotatable bonds is 7. The number of aliphatic hydroxyl groups excluding tert-OH is 1. The number of benzene rings is 1. The number of hydrogen-bond donors (Lipinski definition) is 2. The Morgan fingerprint density at radius 1 is 1.32 bits per heavy atom. The zero-order chi connectivity index (χ0) is 14.5. The normalized spacial score (nSPS) is 13.7. The molecule has 0 radical (unpaired) electrons. The third kappa shape index (κ3) is 5.48. The summed E-state index contributed by atoms with van der Waals surface area (Å²) in [6, 6.07) is 6.61. The van der Waals surface area contributed by atoms with Crippen LogP contribution in [-0.2, 0) is 15.8 Å². The van der Waals surface area contributed by atoms with E-state index in [1.165, 1.54) is 0 Å². The minimum absolute atomic E-state index is 0.0442. The maximum atomic E-state index is 12.1. The lowest BCUT2D eigenvalue weighted by atomic mass is 10.0. The number of hydrogen-bond acceptors (Lipinski definition) is 3. The van der Waals surface area contributed by atoms with Crippen LogP contribution in [0.2, 0.25) is 5.02 Å². The Morgan fingerprint density at radius 3 is 2.47 bits per heavy atom. The summed E-state index contributed by atoms with van der Waals surface area (Å²) in [5.41, 5.74) is 0.572. The van der Waals surface area contributed by atoms with Crippen molar-refractivity contribution >= 4 is 21.6 Å². The molecule has 1 aromatic carbocycles. The van der Waals surface area contributed by atoms with Gasteiger partial charge in [0.25, 0.3) is 0 Å². The third-order valence-electron chi connectivity index (χ3n) is 2.88. The van der Waals surface area contributed by atoms with E-state index in [-0.39, 0.29) is 24.3 Å². The fraction of sp³-hybridized carbons (Fsp3) is 0.538. The molecule has 108 valence electrons. The first-order valence-corrected chi connectivity index (χ1v) is 8.23. The van der Waals surface area contributed by atoms with Crippen LogP contribution in [0.3, 0.4) is 0 Å². The van der Waals surface area contributed by atoms with Crippen molar-refractivity contribution in [1.29, 1.82) is 0 Å². The van der Waals surface area contributed by atoms with E-state index >= 15 is 0 Å². The van der Waals surface area contributed by atoms with Gasteiger partial charge in [0.05, 0.1) is 5.75 Å². The van der Waals surface area contributed by atoms with Crippen molar-refractivity contribution in [1.82, 2.24) is 4.72 Å². The summed E-state index contributed by atoms with van der Waals surface area (Å²) < 4.78 is 26.8. The predicted molar refractivity (Wildman–Crippen MR) is 77.5 cm³/mol. The molecule has 1 rings (SSSR count). The van der Waals surface area contributed by atoms with Crippen molar-refractivity contribution in [3.8, 4) is 0 Å². The average Bonchev–Trinajstić information content (AvgIpc) is 2.31. The second-order valence-corrected chi connectivity index (χ2v) is 6.99. The molecule has 0 aromatic heterocycles. The van der Waals surface area contributed by atoms with Crippen LogP contribution in [0, 0.1) is 5.92 Å². The number of nitrogens with one attached hydrogen (secondary N) is 1. The van der Waals surface area contributed by atoms with Crippen molar-refractivity contribution in [2.24, 2.45) is 5.92 Å². The molecule has 19 heavy (non-hydrogen) atoms. The lowest BCUT2D eigenvalue weighted by Gasteiger charge is -2.21. The summed E-state index contributed by atoms with van der Waals surface area (Å²) in [4.78, 5) is 0. The average molecular weight is 306 g/mol. The van der Waals surface area contributed by atoms with Gasteiger partial charge in [-0.3, -0.25) is 0 Å². The second-order valence-electron chi connectivity index (χ2n) is 4.83. The molecule has 0 saturated heterocycles. The van der Waals surface area contributed by atoms with Crippen LogP contribution in [0.15, 0.2) is 24.3 Å². The molecule has 0 aliphatic heterocycles. The number of aliphatic hydroxyl groups is 1. The van der Waals surface area contributed by atoms with E-state index in [2.05, 4.69) is 4.72 Å². The Labute approximate surface area is 119 Å². The van der Waals surface area contributed by atoms with Gasteiger partial charge in [-0.15, -0.1) is 0 Å². The van der Waals surface area contributed by atoms with Gasteiger partial charge in [-0.25, -0.2) is 13.1 Å². The van der Waals surface area contributed by atoms with Gasteiger partial charge >= 0.3 is 0 Å². The van der Waals surface area contributed by atoms with Gasteiger partial charge in [-0.05, 0) is 24.0 Å². The number of halogens is 1. The fourth-order valence-electron chi connectivity index (χ4n) is 1.76. The summed E-state index contributed by atoms with van der Waals surface area (Å²) in [5, 5.41) is 9.40. The van der Waals surface area contributed by atoms with Crippen LogP contribution >= 0.6 is 11.6 Å². The molecule has 0 amide bonds. The van der Waals surface area contributed by atoms with Gasteiger partial charge < -0.3 is 5.11 Å². The topological polar surface area (TPSA) is 66.4 Å². The highest BCUT2D eigenvalue weighted by molar-refractivity contribution is 7.88. The minimum Gasteiger partial charge on any atom is -0.396 e. The van der Waals surface area contributed by atoms with Crippen LogP contribution in [0.4, 0.5) is 0 Å². The van der Waals surface area contributed by atoms with Crippen LogP contribution in [0.1, 0.15) is 25.8 Å². The molecule has 0 aliphatic carbocycles. The van der Waals surface area contributed by atoms with Gasteiger partial charge in [0.15, 0.2) is 0 Å². The molecule has 0 fully saturated rings. The molecule has 6 heteroatoms. The maximum absolute atomic E-state index is 12.1. The zero-order valence-corrected chi connectivity index (χ0v) is 12.7. The first-order chi connectivity index (χ1) is 8.85. The second kappa shape index (κ2) is 7.24. The Balaban J connectivity index is 2.79. The van der Waals surface area contributed by atoms with Crippen molar-refractivity contribution < 1.29 is 13.5 Å². The summed E-state index contributed by atoms with van der Waals surface area (Å²) in [6.45, 7) is 3.79. The van der Waals surface area contributed by atoms with Gasteiger partial charge in [0.2, 0.25) is 10.0 Å². The lowest BCUT2D eigenvalue weighted by molar-refractivity contribution is 0.256. The summed E-state index contributed by atoms with van der Waals surface area (Å²) in [6.07, 6.45) is 0.402. The Morgan fingerprint density at radius 2 is 1.95 bits per heavy atom. The van der Waals surface area contributed by atoms with Crippen LogP contribution in [0.25, 0.3) is 0 Å². The fourth-order valence-corrected chi connectivity index (χ4v) is 3.64. The third-order valence-corrected chi connectivity index (χ3v) is 4.60. The standard InChI is InChI=1S/C13H20ClNO3S/c1-10(2)13(7-8-16)15-19(17,18)9-11-5-3-4-6-12(11)14/h3-6,10,13,15-16H,7-9H2,1-2H3. The maximum Gasteiger partial charge on any atom is 0.216 e. The lowest BCUT2D eigenvalue weighted by Crippen LogP contribution is -2.39. The van der Waals surface area contributed by atoms with E-state index in [4.69, 9.17) is 16.7 Å². The highest BCUT2D eigenvalue weighted by Crippen LogP contribution is 2.18. The van der Waals surface area contributed by atoms with Gasteiger partial charge in [-0.1, -0.05) is 43.6 Å². The van der Waals surface area contributed by atoms with Crippen LogP contribution < -0.4 is 4.72 Å². The van der Waals surface area contributed by atoms with E-state index < -0.39 is 10.0 Å². The molecule has 4 nitrogen and oxygen atoms in total. The van der Waals surface area contributed by atoms with Crippen LogP contribution in [0.5, 0.6) is 0 Å². The van der Waals surface area contributed by atoms with E-state index in [1.807, 2.05) is 13.8 Å². The molecule has 0 bridgehead atoms. The zero-order valence-electron chi connectivity index (χ0n) is 11.1. The van der Waals surface area contributed by atoms with Crippen molar-refractivity contribution in [2.45, 2.75) is 32.1 Å². The molecule has 2 N–H and O–H groups in total. The monoisotopic (exact) mass is 305 g/mol. The predicted octanol–water partition coefficient (Wildman–Crippen LogP) is 2.17. The molecule has 0 spiro atoms. The largest absolute Gasteiger partial charge is 0.396 e. The molecule has 0 heterocycles. The van der Waals surface area contributed by atoms with E-state index in [9.17, 15) is 8.42 Å². The number of sulfonamides is 1. The molecule has 1 unspecified atom stereocenters. The Kier molecular flexibility index (Phi) is 6.26. The smallest absolute Gasteiger partial charge is 0.216 e. The van der Waals surface area contributed by atoms with Crippen molar-refractivity contribution in [3.63, 3.8) is 0 Å². The molecule has 1 atom stereocenters. The first-order valence-electron chi connectivity index (χ1n) is 6.20. The highest BCUT2D eigenvalue weighted by Gasteiger charge is 2.21. The Bertz CT molecular complexity index is 502. The SMILES string of the molecule is CC(C)C(CCO)NS(=O)(=O)Cc1ccccc1Cl. The van der Waals surface area contributed by atoms with Crippen LogP contribution in [-0.4, -0.2) is 26.2 Å². The quantitative estimate of drug-likeness (QED) is 0.811. The van der Waals surface area contributed by atoms with Crippen molar-refractivity contribution in [2.75, 3.05) is 6.61 Å². The van der Waals surface area contributed by atoms with Crippen molar-refractivity contribution in [3.05, 3.63) is 34.9 Å².